The van der Waals surface area contributed by atoms with Crippen molar-refractivity contribution in [3.05, 3.63) is 12.4 Å². The second-order valence-electron chi connectivity index (χ2n) is 6.60. The van der Waals surface area contributed by atoms with Crippen molar-refractivity contribution in [2.75, 3.05) is 50.7 Å². The van der Waals surface area contributed by atoms with Gasteiger partial charge in [0, 0.05) is 46.0 Å². The summed E-state index contributed by atoms with van der Waals surface area (Å²) in [4.78, 5) is 34.8. The molecule has 3 rings (SSSR count). The third kappa shape index (κ3) is 4.14. The monoisotopic (exact) mass is 361 g/mol. The largest absolute Gasteiger partial charge is 0.356 e. The molecule has 2 fully saturated rings. The fourth-order valence-electron chi connectivity index (χ4n) is 3.31. The SMILES string of the molecule is CCNC(=NCC(=O)N1CCCC1)N1CCN(c2cnn(C)c2)C(=O)C1. The molecule has 9 heteroatoms. The predicted octanol–water partition coefficient (Wildman–Crippen LogP) is -0.343. The first-order chi connectivity index (χ1) is 12.6. The molecule has 0 aliphatic carbocycles. The summed E-state index contributed by atoms with van der Waals surface area (Å²) in [5.41, 5.74) is 0.809. The van der Waals surface area contributed by atoms with Crippen LogP contribution < -0.4 is 10.2 Å². The van der Waals surface area contributed by atoms with Gasteiger partial charge in [-0.3, -0.25) is 14.3 Å². The summed E-state index contributed by atoms with van der Waals surface area (Å²) in [6.45, 7) is 5.90. The van der Waals surface area contributed by atoms with E-state index in [0.29, 0.717) is 25.6 Å². The average Bonchev–Trinajstić information content (AvgIpc) is 3.30. The standard InChI is InChI=1S/C17H27N7O2/c1-3-18-17(19-11-15(25)22-6-4-5-7-22)23-8-9-24(16(26)13-23)14-10-20-21(2)12-14/h10,12H,3-9,11,13H2,1-2H3,(H,18,19). The highest BCUT2D eigenvalue weighted by molar-refractivity contribution is 5.98. The van der Waals surface area contributed by atoms with Crippen molar-refractivity contribution in [2.45, 2.75) is 19.8 Å². The van der Waals surface area contributed by atoms with Crippen LogP contribution >= 0.6 is 0 Å². The molecule has 26 heavy (non-hydrogen) atoms. The quantitative estimate of drug-likeness (QED) is 0.586. The van der Waals surface area contributed by atoms with Crippen LogP contribution in [0.3, 0.4) is 0 Å². The lowest BCUT2D eigenvalue weighted by molar-refractivity contribution is -0.128. The summed E-state index contributed by atoms with van der Waals surface area (Å²) in [6.07, 6.45) is 5.67. The number of likely N-dealkylation sites (tertiary alicyclic amines) is 1. The molecule has 0 radical (unpaired) electrons. The van der Waals surface area contributed by atoms with Gasteiger partial charge in [-0.05, 0) is 19.8 Å². The first-order valence-corrected chi connectivity index (χ1v) is 9.18. The number of amides is 2. The van der Waals surface area contributed by atoms with Gasteiger partial charge in [-0.15, -0.1) is 0 Å². The number of anilines is 1. The van der Waals surface area contributed by atoms with Gasteiger partial charge in [-0.1, -0.05) is 0 Å². The third-order valence-corrected chi connectivity index (χ3v) is 4.68. The molecule has 2 aliphatic rings. The Bertz CT molecular complexity index is 678. The third-order valence-electron chi connectivity index (χ3n) is 4.68. The number of aryl methyl sites for hydroxylation is 1. The van der Waals surface area contributed by atoms with E-state index in [4.69, 9.17) is 0 Å². The molecular formula is C17H27N7O2. The van der Waals surface area contributed by atoms with Gasteiger partial charge >= 0.3 is 0 Å². The number of guanidine groups is 1. The first-order valence-electron chi connectivity index (χ1n) is 9.18. The minimum atomic E-state index is 0.000669. The van der Waals surface area contributed by atoms with E-state index < -0.39 is 0 Å². The summed E-state index contributed by atoms with van der Waals surface area (Å²) in [5, 5.41) is 7.32. The van der Waals surface area contributed by atoms with Crippen LogP contribution in [0.1, 0.15) is 19.8 Å². The van der Waals surface area contributed by atoms with Gasteiger partial charge in [0.2, 0.25) is 11.8 Å². The zero-order chi connectivity index (χ0) is 18.5. The summed E-state index contributed by atoms with van der Waals surface area (Å²) in [6, 6.07) is 0. The van der Waals surface area contributed by atoms with Crippen molar-refractivity contribution in [2.24, 2.45) is 12.0 Å². The van der Waals surface area contributed by atoms with Crippen molar-refractivity contribution in [1.29, 1.82) is 0 Å². The van der Waals surface area contributed by atoms with E-state index in [2.05, 4.69) is 15.4 Å². The lowest BCUT2D eigenvalue weighted by Gasteiger charge is -2.35. The maximum absolute atomic E-state index is 12.6. The van der Waals surface area contributed by atoms with Crippen LogP contribution in [-0.2, 0) is 16.6 Å². The summed E-state index contributed by atoms with van der Waals surface area (Å²) < 4.78 is 1.69. The van der Waals surface area contributed by atoms with Crippen molar-refractivity contribution in [1.82, 2.24) is 24.9 Å². The summed E-state index contributed by atoms with van der Waals surface area (Å²) >= 11 is 0. The highest BCUT2D eigenvalue weighted by Gasteiger charge is 2.28. The number of nitrogens with one attached hydrogen (secondary N) is 1. The van der Waals surface area contributed by atoms with Crippen LogP contribution in [0.4, 0.5) is 5.69 Å². The Morgan fingerprint density at radius 3 is 2.62 bits per heavy atom. The van der Waals surface area contributed by atoms with Crippen LogP contribution in [0, 0.1) is 0 Å². The molecule has 1 aromatic rings. The van der Waals surface area contributed by atoms with Gasteiger partial charge in [0.25, 0.3) is 0 Å². The highest BCUT2D eigenvalue weighted by atomic mass is 16.2. The molecular weight excluding hydrogens is 334 g/mol. The van der Waals surface area contributed by atoms with Crippen LogP contribution in [0.25, 0.3) is 0 Å². The molecule has 0 saturated carbocycles. The van der Waals surface area contributed by atoms with Gasteiger partial charge in [0.05, 0.1) is 11.9 Å². The van der Waals surface area contributed by atoms with Gasteiger partial charge in [-0.25, -0.2) is 4.99 Å². The lowest BCUT2D eigenvalue weighted by Crippen LogP contribution is -2.55. The molecule has 2 amide bonds. The predicted molar refractivity (Wildman–Crippen MR) is 98.9 cm³/mol. The second-order valence-corrected chi connectivity index (χ2v) is 6.60. The molecule has 0 spiro atoms. The van der Waals surface area contributed by atoms with E-state index in [0.717, 1.165) is 31.6 Å². The van der Waals surface area contributed by atoms with Gasteiger partial charge in [-0.2, -0.15) is 5.10 Å². The number of aromatic nitrogens is 2. The fraction of sp³-hybridized carbons (Fsp3) is 0.647. The van der Waals surface area contributed by atoms with Crippen molar-refractivity contribution in [3.63, 3.8) is 0 Å². The molecule has 0 aromatic carbocycles. The van der Waals surface area contributed by atoms with Gasteiger partial charge in [0.15, 0.2) is 5.96 Å². The van der Waals surface area contributed by atoms with Crippen molar-refractivity contribution >= 4 is 23.5 Å². The zero-order valence-corrected chi connectivity index (χ0v) is 15.5. The summed E-state index contributed by atoms with van der Waals surface area (Å²) in [5.74, 6) is 0.679. The Balaban J connectivity index is 1.62. The van der Waals surface area contributed by atoms with Crippen LogP contribution in [0.5, 0.6) is 0 Å². The molecule has 0 unspecified atom stereocenters. The van der Waals surface area contributed by atoms with E-state index in [-0.39, 0.29) is 24.9 Å². The Morgan fingerprint density at radius 2 is 2.00 bits per heavy atom. The Kier molecular flexibility index (Phi) is 5.75. The number of aliphatic imine (C=N–C) groups is 1. The van der Waals surface area contributed by atoms with E-state index >= 15 is 0 Å². The van der Waals surface area contributed by atoms with Crippen molar-refractivity contribution < 1.29 is 9.59 Å². The number of carbonyl (C=O) groups is 2. The second kappa shape index (κ2) is 8.20. The number of carbonyl (C=O) groups excluding carboxylic acids is 2. The number of nitrogens with zero attached hydrogens (tertiary/aromatic N) is 6. The molecule has 9 nitrogen and oxygen atoms in total. The van der Waals surface area contributed by atoms with Gasteiger partial charge in [0.1, 0.15) is 13.1 Å². The maximum atomic E-state index is 12.6. The minimum absolute atomic E-state index is 0.000669. The number of hydrogen-bond acceptors (Lipinski definition) is 4. The summed E-state index contributed by atoms with van der Waals surface area (Å²) in [7, 11) is 1.83. The maximum Gasteiger partial charge on any atom is 0.246 e. The number of rotatable bonds is 4. The first kappa shape index (κ1) is 18.2. The highest BCUT2D eigenvalue weighted by Crippen LogP contribution is 2.16. The van der Waals surface area contributed by atoms with E-state index in [1.807, 2.05) is 30.0 Å². The van der Waals surface area contributed by atoms with Gasteiger partial charge < -0.3 is 20.0 Å². The van der Waals surface area contributed by atoms with Crippen molar-refractivity contribution in [3.8, 4) is 0 Å². The van der Waals surface area contributed by atoms with Crippen LogP contribution in [0.15, 0.2) is 17.4 Å². The van der Waals surface area contributed by atoms with Crippen LogP contribution in [0.2, 0.25) is 0 Å². The Labute approximate surface area is 153 Å². The Morgan fingerprint density at radius 1 is 1.23 bits per heavy atom. The Hall–Kier alpha value is -2.58. The molecule has 0 atom stereocenters. The zero-order valence-electron chi connectivity index (χ0n) is 15.5. The van der Waals surface area contributed by atoms with E-state index in [1.54, 1.807) is 15.8 Å². The van der Waals surface area contributed by atoms with Crippen LogP contribution in [-0.4, -0.2) is 83.2 Å². The molecule has 3 heterocycles. The smallest absolute Gasteiger partial charge is 0.246 e. The topological polar surface area (TPSA) is 86.1 Å². The minimum Gasteiger partial charge on any atom is -0.356 e. The number of hydrogen-bond donors (Lipinski definition) is 1. The van der Waals surface area contributed by atoms with E-state index in [9.17, 15) is 9.59 Å². The number of piperazine rings is 1. The molecule has 142 valence electrons. The molecule has 2 saturated heterocycles. The fourth-order valence-corrected chi connectivity index (χ4v) is 3.31. The molecule has 1 aromatic heterocycles. The molecule has 0 bridgehead atoms. The molecule has 1 N–H and O–H groups in total. The average molecular weight is 361 g/mol. The molecule has 2 aliphatic heterocycles. The lowest BCUT2D eigenvalue weighted by atomic mass is 10.3. The van der Waals surface area contributed by atoms with E-state index in [1.165, 1.54) is 0 Å². The normalized spacial score (nSPS) is 18.6.